The molecule has 0 N–H and O–H groups in total. The molecule has 0 radical (unpaired) electrons. The van der Waals surface area contributed by atoms with Crippen LogP contribution in [-0.2, 0) is 17.8 Å². The van der Waals surface area contributed by atoms with E-state index < -0.39 is 0 Å². The second-order valence-corrected chi connectivity index (χ2v) is 9.04. The number of benzene rings is 2. The molecule has 2 atom stereocenters. The molecule has 1 saturated heterocycles. The van der Waals surface area contributed by atoms with E-state index in [4.69, 9.17) is 9.26 Å². The molecule has 1 aliphatic carbocycles. The van der Waals surface area contributed by atoms with E-state index >= 15 is 0 Å². The Hall–Kier alpha value is -3.68. The van der Waals surface area contributed by atoms with Crippen LogP contribution in [0.1, 0.15) is 44.1 Å². The van der Waals surface area contributed by atoms with Crippen LogP contribution < -0.4 is 4.74 Å². The van der Waals surface area contributed by atoms with Crippen molar-refractivity contribution in [1.29, 1.82) is 0 Å². The lowest BCUT2D eigenvalue weighted by Gasteiger charge is -2.46. The van der Waals surface area contributed by atoms with Crippen molar-refractivity contribution in [2.45, 2.75) is 51.6 Å². The molecule has 0 spiro atoms. The number of ether oxygens (including phenoxy) is 1. The summed E-state index contributed by atoms with van der Waals surface area (Å²) in [6.45, 7) is 2.99. The quantitative estimate of drug-likeness (QED) is 0.470. The molecule has 182 valence electrons. The van der Waals surface area contributed by atoms with E-state index in [0.29, 0.717) is 37.0 Å². The van der Waals surface area contributed by atoms with Crippen molar-refractivity contribution in [3.63, 3.8) is 0 Å². The van der Waals surface area contributed by atoms with Gasteiger partial charge in [0.2, 0.25) is 17.6 Å². The average molecular weight is 475 g/mol. The Labute approximate surface area is 204 Å². The zero-order valence-electron chi connectivity index (χ0n) is 19.9. The lowest BCUT2D eigenvalue weighted by molar-refractivity contribution is -0.140. The van der Waals surface area contributed by atoms with Crippen LogP contribution in [0.15, 0.2) is 59.1 Å². The molecule has 2 aromatic carbocycles. The fraction of sp³-hybridized carbons (Fsp3) is 0.407. The Bertz CT molecular complexity index is 1180. The molecule has 1 saturated carbocycles. The SMILES string of the molecule is CCOc1ccccc1-c1noc(CN2C(=O)N(CCc3ccccc3)C(=O)C3CCCCC32)n1. The minimum Gasteiger partial charge on any atom is -0.493 e. The number of para-hydroxylation sites is 1. The first kappa shape index (κ1) is 23.1. The predicted molar refractivity (Wildman–Crippen MR) is 129 cm³/mol. The summed E-state index contributed by atoms with van der Waals surface area (Å²) in [5.41, 5.74) is 1.84. The third-order valence-corrected chi connectivity index (χ3v) is 6.86. The maximum atomic E-state index is 13.6. The van der Waals surface area contributed by atoms with Crippen molar-refractivity contribution in [2.24, 2.45) is 5.92 Å². The van der Waals surface area contributed by atoms with E-state index in [-0.39, 0.29) is 30.4 Å². The highest BCUT2D eigenvalue weighted by Gasteiger charge is 2.47. The highest BCUT2D eigenvalue weighted by molar-refractivity contribution is 5.98. The molecule has 8 heteroatoms. The molecule has 8 nitrogen and oxygen atoms in total. The molecule has 5 rings (SSSR count). The van der Waals surface area contributed by atoms with Gasteiger partial charge >= 0.3 is 6.03 Å². The summed E-state index contributed by atoms with van der Waals surface area (Å²) in [5, 5.41) is 4.15. The van der Waals surface area contributed by atoms with Crippen LogP contribution in [0, 0.1) is 5.92 Å². The van der Waals surface area contributed by atoms with Gasteiger partial charge in [-0.15, -0.1) is 0 Å². The lowest BCUT2D eigenvalue weighted by atomic mass is 9.81. The van der Waals surface area contributed by atoms with Crippen molar-refractivity contribution >= 4 is 11.9 Å². The van der Waals surface area contributed by atoms with Gasteiger partial charge in [0.05, 0.1) is 18.1 Å². The van der Waals surface area contributed by atoms with Crippen molar-refractivity contribution in [1.82, 2.24) is 19.9 Å². The summed E-state index contributed by atoms with van der Waals surface area (Å²) in [6, 6.07) is 17.0. The highest BCUT2D eigenvalue weighted by atomic mass is 16.5. The number of hydrogen-bond donors (Lipinski definition) is 0. The molecule has 2 aliphatic rings. The van der Waals surface area contributed by atoms with Crippen LogP contribution in [0.2, 0.25) is 0 Å². The summed E-state index contributed by atoms with van der Waals surface area (Å²) < 4.78 is 11.3. The third-order valence-electron chi connectivity index (χ3n) is 6.86. The van der Waals surface area contributed by atoms with Crippen molar-refractivity contribution in [3.8, 4) is 17.1 Å². The van der Waals surface area contributed by atoms with Crippen LogP contribution in [0.3, 0.4) is 0 Å². The number of rotatable bonds is 8. The minimum atomic E-state index is -0.274. The van der Waals surface area contributed by atoms with Gasteiger partial charge in [-0.1, -0.05) is 60.5 Å². The van der Waals surface area contributed by atoms with Gasteiger partial charge in [0, 0.05) is 12.6 Å². The molecule has 2 unspecified atom stereocenters. The van der Waals surface area contributed by atoms with E-state index in [0.717, 1.165) is 36.8 Å². The summed E-state index contributed by atoms with van der Waals surface area (Å²) in [5.74, 6) is 1.22. The Kier molecular flexibility index (Phi) is 6.79. The molecule has 2 heterocycles. The van der Waals surface area contributed by atoms with Gasteiger partial charge < -0.3 is 14.2 Å². The van der Waals surface area contributed by atoms with Gasteiger partial charge in [-0.05, 0) is 43.9 Å². The lowest BCUT2D eigenvalue weighted by Crippen LogP contribution is -2.62. The Morgan fingerprint density at radius 1 is 1.03 bits per heavy atom. The number of carbonyl (C=O) groups is 2. The van der Waals surface area contributed by atoms with Gasteiger partial charge in [0.15, 0.2) is 0 Å². The van der Waals surface area contributed by atoms with Crippen molar-refractivity contribution in [2.75, 3.05) is 13.2 Å². The summed E-state index contributed by atoms with van der Waals surface area (Å²) in [7, 11) is 0. The van der Waals surface area contributed by atoms with E-state index in [1.807, 2.05) is 61.5 Å². The largest absolute Gasteiger partial charge is 0.493 e. The Morgan fingerprint density at radius 2 is 1.80 bits per heavy atom. The second kappa shape index (κ2) is 10.3. The second-order valence-electron chi connectivity index (χ2n) is 9.04. The number of nitrogens with zero attached hydrogens (tertiary/aromatic N) is 4. The van der Waals surface area contributed by atoms with Gasteiger partial charge in [0.1, 0.15) is 12.3 Å². The molecule has 35 heavy (non-hydrogen) atoms. The minimum absolute atomic E-state index is 0.0521. The van der Waals surface area contributed by atoms with E-state index in [1.165, 1.54) is 4.90 Å². The standard InChI is InChI=1S/C27H30N4O4/c1-2-34-23-15-9-7-13-21(23)25-28-24(35-29-25)18-31-22-14-8-6-12-20(22)26(32)30(27(31)33)17-16-19-10-4-3-5-11-19/h3-5,7,9-11,13,15,20,22H,2,6,8,12,14,16-18H2,1H3. The van der Waals surface area contributed by atoms with Crippen LogP contribution >= 0.6 is 0 Å². The molecule has 3 aromatic rings. The number of carbonyl (C=O) groups excluding carboxylic acids is 2. The first-order valence-corrected chi connectivity index (χ1v) is 12.4. The van der Waals surface area contributed by atoms with Gasteiger partial charge in [-0.2, -0.15) is 4.98 Å². The molecule has 1 aliphatic heterocycles. The number of amides is 3. The smallest absolute Gasteiger partial charge is 0.327 e. The Morgan fingerprint density at radius 3 is 2.63 bits per heavy atom. The van der Waals surface area contributed by atoms with Crippen molar-refractivity contribution in [3.05, 3.63) is 66.1 Å². The van der Waals surface area contributed by atoms with Crippen LogP contribution in [-0.4, -0.2) is 51.1 Å². The van der Waals surface area contributed by atoms with E-state index in [2.05, 4.69) is 10.1 Å². The first-order chi connectivity index (χ1) is 17.2. The molecule has 1 aromatic heterocycles. The zero-order chi connectivity index (χ0) is 24.2. The first-order valence-electron chi connectivity index (χ1n) is 12.4. The van der Waals surface area contributed by atoms with Crippen LogP contribution in [0.5, 0.6) is 5.75 Å². The molecular weight excluding hydrogens is 444 g/mol. The van der Waals surface area contributed by atoms with E-state index in [1.54, 1.807) is 4.90 Å². The van der Waals surface area contributed by atoms with Crippen LogP contribution in [0.25, 0.3) is 11.4 Å². The Balaban J connectivity index is 1.37. The third kappa shape index (κ3) is 4.78. The molecular formula is C27H30N4O4. The normalized spacial score (nSPS) is 20.1. The van der Waals surface area contributed by atoms with Gasteiger partial charge in [0.25, 0.3) is 0 Å². The summed E-state index contributed by atoms with van der Waals surface area (Å²) in [6.07, 6.45) is 4.23. The van der Waals surface area contributed by atoms with Crippen molar-refractivity contribution < 1.29 is 18.8 Å². The maximum Gasteiger partial charge on any atom is 0.327 e. The fourth-order valence-corrected chi connectivity index (χ4v) is 5.15. The number of imide groups is 1. The highest BCUT2D eigenvalue weighted by Crippen LogP contribution is 2.36. The maximum absolute atomic E-state index is 13.6. The molecule has 0 bridgehead atoms. The topological polar surface area (TPSA) is 88.8 Å². The fourth-order valence-electron chi connectivity index (χ4n) is 5.15. The molecule has 3 amide bonds. The average Bonchev–Trinajstić information content (AvgIpc) is 3.36. The number of aromatic nitrogens is 2. The van der Waals surface area contributed by atoms with E-state index in [9.17, 15) is 9.59 Å². The predicted octanol–water partition coefficient (Wildman–Crippen LogP) is 4.70. The number of hydrogen-bond acceptors (Lipinski definition) is 6. The summed E-state index contributed by atoms with van der Waals surface area (Å²) in [4.78, 5) is 34.6. The molecule has 2 fully saturated rings. The zero-order valence-corrected chi connectivity index (χ0v) is 19.9. The number of fused-ring (bicyclic) bond motifs is 1. The van der Waals surface area contributed by atoms with Crippen LogP contribution in [0.4, 0.5) is 4.79 Å². The van der Waals surface area contributed by atoms with Gasteiger partial charge in [-0.3, -0.25) is 9.69 Å². The van der Waals surface area contributed by atoms with Gasteiger partial charge in [-0.25, -0.2) is 4.79 Å². The number of urea groups is 1. The monoisotopic (exact) mass is 474 g/mol. The summed E-state index contributed by atoms with van der Waals surface area (Å²) >= 11 is 0.